The predicted octanol–water partition coefficient (Wildman–Crippen LogP) is 0.566. The Morgan fingerprint density at radius 2 is 2.47 bits per heavy atom. The largest absolute Gasteiger partial charge is 0.598 e. The highest BCUT2D eigenvalue weighted by Gasteiger charge is 2.29. The molecule has 1 saturated heterocycles. The molecular weight excluding hydrogens is 268 g/mol. The van der Waals surface area contributed by atoms with Crippen molar-refractivity contribution in [3.63, 3.8) is 0 Å². The van der Waals surface area contributed by atoms with Gasteiger partial charge in [-0.1, -0.05) is 4.21 Å². The van der Waals surface area contributed by atoms with Gasteiger partial charge in [0.2, 0.25) is 5.65 Å². The Labute approximate surface area is 111 Å². The Morgan fingerprint density at radius 3 is 3.21 bits per heavy atom. The number of anilines is 1. The lowest BCUT2D eigenvalue weighted by atomic mass is 10.3. The molecule has 0 aliphatic carbocycles. The van der Waals surface area contributed by atoms with Crippen LogP contribution in [-0.4, -0.2) is 39.9 Å². The number of aromatic nitrogens is 2. The standard InChI is InChI=1S/C11H14N4O3S/c1-19(16,17)14-8-4-6-15(7-8)11-13-10-9(18-11)3-2-5-12-10/h2-3,5,8H,4,6-7H2,1H3,(H-,14,16,17). The van der Waals surface area contributed by atoms with Crippen molar-refractivity contribution in [2.75, 3.05) is 24.2 Å². The van der Waals surface area contributed by atoms with Crippen LogP contribution in [-0.2, 0) is 14.6 Å². The maximum atomic E-state index is 11.2. The van der Waals surface area contributed by atoms with E-state index < -0.39 is 10.4 Å². The summed E-state index contributed by atoms with van der Waals surface area (Å²) >= 11 is 0. The molecule has 2 atom stereocenters. The normalized spacial score (nSPS) is 22.8. The highest BCUT2D eigenvalue weighted by atomic mass is 32.3. The summed E-state index contributed by atoms with van der Waals surface area (Å²) in [5, 5.41) is 0. The summed E-state index contributed by atoms with van der Waals surface area (Å²) in [6, 6.07) is 3.99. The molecule has 1 aliphatic heterocycles. The van der Waals surface area contributed by atoms with E-state index in [2.05, 4.69) is 14.7 Å². The smallest absolute Gasteiger partial charge is 0.300 e. The van der Waals surface area contributed by atoms with Gasteiger partial charge in [0.05, 0.1) is 6.04 Å². The summed E-state index contributed by atoms with van der Waals surface area (Å²) < 4.78 is 30.6. The topological polar surface area (TPSA) is 94.3 Å². The number of sulfonamides is 1. The Hall–Kier alpha value is -1.51. The maximum Gasteiger partial charge on any atom is 0.300 e. The van der Waals surface area contributed by atoms with Gasteiger partial charge in [-0.3, -0.25) is 0 Å². The van der Waals surface area contributed by atoms with Crippen LogP contribution in [0.3, 0.4) is 0 Å². The molecule has 8 heteroatoms. The van der Waals surface area contributed by atoms with E-state index in [0.717, 1.165) is 6.42 Å². The van der Waals surface area contributed by atoms with Crippen LogP contribution >= 0.6 is 0 Å². The maximum absolute atomic E-state index is 11.2. The Morgan fingerprint density at radius 1 is 1.63 bits per heavy atom. The molecule has 102 valence electrons. The van der Waals surface area contributed by atoms with E-state index in [1.807, 2.05) is 4.90 Å². The minimum Gasteiger partial charge on any atom is -0.598 e. The molecule has 1 aliphatic rings. The fraction of sp³-hybridized carbons (Fsp3) is 0.455. The number of fused-ring (bicyclic) bond motifs is 1. The number of pyridine rings is 1. The van der Waals surface area contributed by atoms with E-state index in [0.29, 0.717) is 30.3 Å². The van der Waals surface area contributed by atoms with Crippen LogP contribution in [0, 0.1) is 0 Å². The van der Waals surface area contributed by atoms with Crippen LogP contribution in [0.15, 0.2) is 22.7 Å². The SMILES string of the molecule is C[S+](=O)([O-])NC1CCN(c2nc3ncccc3o2)C1. The van der Waals surface area contributed by atoms with Gasteiger partial charge in [-0.05, 0) is 18.6 Å². The first kappa shape index (κ1) is 12.5. The molecule has 0 spiro atoms. The highest BCUT2D eigenvalue weighted by Crippen LogP contribution is 2.23. The van der Waals surface area contributed by atoms with Crippen molar-refractivity contribution in [3.05, 3.63) is 18.3 Å². The van der Waals surface area contributed by atoms with E-state index in [-0.39, 0.29) is 6.04 Å². The average molecular weight is 282 g/mol. The number of nitrogens with zero attached hydrogens (tertiary/aromatic N) is 3. The third kappa shape index (κ3) is 2.75. The van der Waals surface area contributed by atoms with Gasteiger partial charge in [-0.25, -0.2) is 4.98 Å². The first-order valence-electron chi connectivity index (χ1n) is 5.95. The van der Waals surface area contributed by atoms with Crippen LogP contribution in [0.5, 0.6) is 0 Å². The first-order chi connectivity index (χ1) is 9.01. The summed E-state index contributed by atoms with van der Waals surface area (Å²) in [6.07, 6.45) is 3.56. The predicted molar refractivity (Wildman–Crippen MR) is 70.3 cm³/mol. The Bertz CT molecular complexity index is 605. The van der Waals surface area contributed by atoms with Crippen LogP contribution in [0.2, 0.25) is 0 Å². The van der Waals surface area contributed by atoms with Crippen molar-refractivity contribution in [1.29, 1.82) is 0 Å². The molecule has 1 N–H and O–H groups in total. The van der Waals surface area contributed by atoms with Crippen LogP contribution in [0.4, 0.5) is 6.01 Å². The lowest BCUT2D eigenvalue weighted by Crippen LogP contribution is -2.40. The summed E-state index contributed by atoms with van der Waals surface area (Å²) in [6.45, 7) is 1.26. The molecule has 1 fully saturated rings. The second-order valence-corrected chi connectivity index (χ2v) is 6.42. The van der Waals surface area contributed by atoms with E-state index >= 15 is 0 Å². The van der Waals surface area contributed by atoms with Gasteiger partial charge < -0.3 is 13.9 Å². The van der Waals surface area contributed by atoms with E-state index in [1.54, 1.807) is 18.3 Å². The lowest BCUT2D eigenvalue weighted by Gasteiger charge is -2.16. The van der Waals surface area contributed by atoms with Gasteiger partial charge in [0.25, 0.3) is 6.01 Å². The minimum absolute atomic E-state index is 0.0991. The van der Waals surface area contributed by atoms with Crippen molar-refractivity contribution < 1.29 is 13.2 Å². The van der Waals surface area contributed by atoms with Gasteiger partial charge in [0.1, 0.15) is 16.7 Å². The van der Waals surface area contributed by atoms with E-state index in [4.69, 9.17) is 4.42 Å². The molecule has 2 aromatic rings. The molecule has 0 saturated carbocycles. The molecule has 3 rings (SSSR count). The quantitative estimate of drug-likeness (QED) is 0.827. The van der Waals surface area contributed by atoms with Crippen LogP contribution < -0.4 is 9.62 Å². The summed E-state index contributed by atoms with van der Waals surface area (Å²) in [5.74, 6) is 0. The fourth-order valence-corrected chi connectivity index (χ4v) is 3.02. The second-order valence-electron chi connectivity index (χ2n) is 4.64. The molecule has 19 heavy (non-hydrogen) atoms. The number of hydrogen-bond acceptors (Lipinski definition) is 6. The van der Waals surface area contributed by atoms with Gasteiger partial charge in [-0.15, -0.1) is 4.72 Å². The fourth-order valence-electron chi connectivity index (χ4n) is 2.23. The van der Waals surface area contributed by atoms with Gasteiger partial charge in [0.15, 0.2) is 5.58 Å². The first-order valence-corrected chi connectivity index (χ1v) is 7.84. The highest BCUT2D eigenvalue weighted by molar-refractivity contribution is 7.95. The van der Waals surface area contributed by atoms with Crippen molar-refractivity contribution in [3.8, 4) is 0 Å². The average Bonchev–Trinajstić information content (AvgIpc) is 2.91. The molecule has 0 amide bonds. The monoisotopic (exact) mass is 282 g/mol. The number of oxazole rings is 1. The summed E-state index contributed by atoms with van der Waals surface area (Å²) in [4.78, 5) is 10.3. The van der Waals surface area contributed by atoms with E-state index in [1.165, 1.54) is 6.26 Å². The third-order valence-corrected chi connectivity index (χ3v) is 3.75. The Kier molecular flexibility index (Phi) is 3.00. The van der Waals surface area contributed by atoms with Crippen LogP contribution in [0.1, 0.15) is 6.42 Å². The number of rotatable bonds is 3. The molecule has 2 aromatic heterocycles. The zero-order chi connectivity index (χ0) is 13.5. The molecule has 2 unspecified atom stereocenters. The van der Waals surface area contributed by atoms with Crippen molar-refractivity contribution in [2.24, 2.45) is 0 Å². The molecule has 0 bridgehead atoms. The zero-order valence-corrected chi connectivity index (χ0v) is 11.2. The third-order valence-electron chi connectivity index (χ3n) is 2.99. The van der Waals surface area contributed by atoms with Crippen molar-refractivity contribution in [1.82, 2.24) is 14.7 Å². The Balaban J connectivity index is 1.75. The van der Waals surface area contributed by atoms with Gasteiger partial charge >= 0.3 is 0 Å². The van der Waals surface area contributed by atoms with Crippen molar-refractivity contribution in [2.45, 2.75) is 12.5 Å². The summed E-state index contributed by atoms with van der Waals surface area (Å²) in [5.41, 5.74) is 1.20. The number of hydrogen-bond donors (Lipinski definition) is 1. The molecule has 0 aromatic carbocycles. The molecule has 3 heterocycles. The zero-order valence-electron chi connectivity index (χ0n) is 10.4. The van der Waals surface area contributed by atoms with E-state index in [9.17, 15) is 8.76 Å². The molecule has 0 radical (unpaired) electrons. The van der Waals surface area contributed by atoms with Crippen LogP contribution in [0.25, 0.3) is 11.2 Å². The summed E-state index contributed by atoms with van der Waals surface area (Å²) in [7, 11) is -3.18. The van der Waals surface area contributed by atoms with Crippen molar-refractivity contribution >= 4 is 27.6 Å². The second kappa shape index (κ2) is 4.55. The van der Waals surface area contributed by atoms with Gasteiger partial charge in [-0.2, -0.15) is 4.98 Å². The lowest BCUT2D eigenvalue weighted by molar-refractivity contribution is 0.460. The van der Waals surface area contributed by atoms with Gasteiger partial charge in [0, 0.05) is 19.3 Å². The molecule has 7 nitrogen and oxygen atoms in total. The number of nitrogens with one attached hydrogen (secondary N) is 1. The minimum atomic E-state index is -3.18. The molecular formula is C11H14N4O3S.